The number of hydrogen-bond donors (Lipinski definition) is 1. The molecule has 1 atom stereocenters. The molecule has 2 aromatic heterocycles. The van der Waals surface area contributed by atoms with Gasteiger partial charge in [0.2, 0.25) is 12.7 Å². The topological polar surface area (TPSA) is 125 Å². The number of aryl methyl sites for hydroxylation is 2. The van der Waals surface area contributed by atoms with Gasteiger partial charge in [0.25, 0.3) is 5.91 Å². The van der Waals surface area contributed by atoms with Crippen molar-refractivity contribution in [3.63, 3.8) is 0 Å². The highest BCUT2D eigenvalue weighted by atomic mass is 35.5. The zero-order valence-electron chi connectivity index (χ0n) is 27.1. The number of carbonyl (C=O) groups excluding carboxylic acids is 2. The fraction of sp³-hybridized carbons (Fsp3) is 0.229. The number of methoxy groups -OCH3 is 2. The quantitative estimate of drug-likeness (QED) is 0.105. The second-order valence-electron chi connectivity index (χ2n) is 11.0. The number of nitrogens with one attached hydrogen (secondary N) is 1. The Morgan fingerprint density at radius 2 is 1.67 bits per heavy atom. The molecule has 1 aliphatic heterocycles. The van der Waals surface area contributed by atoms with Crippen molar-refractivity contribution in [2.24, 2.45) is 0 Å². The van der Waals surface area contributed by atoms with E-state index in [9.17, 15) is 9.59 Å². The minimum absolute atomic E-state index is 0.0284. The lowest BCUT2D eigenvalue weighted by Gasteiger charge is -2.31. The van der Waals surface area contributed by atoms with Crippen LogP contribution >= 0.6 is 34.7 Å². The molecule has 14 heteroatoms. The van der Waals surface area contributed by atoms with E-state index in [0.717, 1.165) is 22.6 Å². The van der Waals surface area contributed by atoms with E-state index in [0.29, 0.717) is 49.4 Å². The molecule has 3 aromatic carbocycles. The largest absolute Gasteiger partial charge is 0.493 e. The number of hydrogen-bond acceptors (Lipinski definition) is 11. The third-order valence-electron chi connectivity index (χ3n) is 7.53. The van der Waals surface area contributed by atoms with Crippen LogP contribution in [0.5, 0.6) is 23.0 Å². The number of benzene rings is 3. The normalized spacial score (nSPS) is 12.3. The Morgan fingerprint density at radius 1 is 0.939 bits per heavy atom. The molecule has 0 saturated heterocycles. The molecule has 49 heavy (non-hydrogen) atoms. The van der Waals surface area contributed by atoms with Gasteiger partial charge in [-0.25, -0.2) is 15.0 Å². The van der Waals surface area contributed by atoms with Crippen molar-refractivity contribution in [2.75, 3.05) is 32.1 Å². The van der Waals surface area contributed by atoms with E-state index < -0.39 is 11.9 Å². The molecule has 0 saturated carbocycles. The second-order valence-corrected chi connectivity index (χ2v) is 13.3. The Kier molecular flexibility index (Phi) is 10.5. The summed E-state index contributed by atoms with van der Waals surface area (Å²) in [7, 11) is 3.05. The van der Waals surface area contributed by atoms with Crippen LogP contribution in [0.3, 0.4) is 0 Å². The van der Waals surface area contributed by atoms with E-state index >= 15 is 0 Å². The molecule has 6 rings (SSSR count). The van der Waals surface area contributed by atoms with Gasteiger partial charge in [-0.05, 0) is 61.9 Å². The maximum Gasteiger partial charge on any atom is 0.251 e. The summed E-state index contributed by atoms with van der Waals surface area (Å²) in [5, 5.41) is 6.61. The van der Waals surface area contributed by atoms with Gasteiger partial charge >= 0.3 is 0 Å². The molecule has 0 radical (unpaired) electrons. The number of ether oxygens (including phenoxy) is 4. The van der Waals surface area contributed by atoms with Crippen molar-refractivity contribution < 1.29 is 28.5 Å². The Bertz CT molecular complexity index is 1970. The van der Waals surface area contributed by atoms with Gasteiger partial charge in [-0.3, -0.25) is 9.59 Å². The third kappa shape index (κ3) is 8.07. The second kappa shape index (κ2) is 15.1. The summed E-state index contributed by atoms with van der Waals surface area (Å²) < 4.78 is 22.0. The summed E-state index contributed by atoms with van der Waals surface area (Å²) in [4.78, 5) is 44.1. The molecule has 0 bridgehead atoms. The fourth-order valence-electron chi connectivity index (χ4n) is 5.25. The van der Waals surface area contributed by atoms with Gasteiger partial charge in [0.1, 0.15) is 11.0 Å². The van der Waals surface area contributed by atoms with Crippen molar-refractivity contribution in [3.8, 4) is 34.3 Å². The van der Waals surface area contributed by atoms with Crippen molar-refractivity contribution >= 4 is 52.2 Å². The summed E-state index contributed by atoms with van der Waals surface area (Å²) in [6, 6.07) is 18.4. The maximum atomic E-state index is 14.4. The first-order valence-electron chi connectivity index (χ1n) is 15.1. The Hall–Kier alpha value is -4.85. The van der Waals surface area contributed by atoms with Crippen LogP contribution in [0.25, 0.3) is 11.3 Å². The number of rotatable bonds is 12. The predicted octanol–water partition coefficient (Wildman–Crippen LogP) is 7.12. The molecule has 5 aromatic rings. The van der Waals surface area contributed by atoms with Crippen molar-refractivity contribution in [3.05, 3.63) is 99.1 Å². The first-order chi connectivity index (χ1) is 23.7. The van der Waals surface area contributed by atoms with Crippen LogP contribution in [-0.4, -0.2) is 58.4 Å². The van der Waals surface area contributed by atoms with Gasteiger partial charge in [-0.1, -0.05) is 41.6 Å². The lowest BCUT2D eigenvalue weighted by Crippen LogP contribution is -2.41. The smallest absolute Gasteiger partial charge is 0.251 e. The number of thioether (sulfide) groups is 1. The van der Waals surface area contributed by atoms with E-state index in [-0.39, 0.29) is 25.0 Å². The van der Waals surface area contributed by atoms with Gasteiger partial charge in [-0.2, -0.15) is 0 Å². The average molecular weight is 718 g/mol. The highest BCUT2D eigenvalue weighted by Gasteiger charge is 2.34. The maximum absolute atomic E-state index is 14.4. The highest BCUT2D eigenvalue weighted by molar-refractivity contribution is 7.99. The summed E-state index contributed by atoms with van der Waals surface area (Å²) in [6.07, 6.45) is 0. The first kappa shape index (κ1) is 34.0. The zero-order chi connectivity index (χ0) is 34.5. The molecule has 11 nitrogen and oxygen atoms in total. The van der Waals surface area contributed by atoms with Gasteiger partial charge < -0.3 is 29.2 Å². The summed E-state index contributed by atoms with van der Waals surface area (Å²) in [5.74, 6) is 1.17. The lowest BCUT2D eigenvalue weighted by atomic mass is 10.0. The summed E-state index contributed by atoms with van der Waals surface area (Å²) >= 11 is 8.70. The van der Waals surface area contributed by atoms with E-state index in [1.165, 1.54) is 42.2 Å². The van der Waals surface area contributed by atoms with Crippen molar-refractivity contribution in [1.29, 1.82) is 0 Å². The van der Waals surface area contributed by atoms with Gasteiger partial charge in [0.05, 0.1) is 32.2 Å². The van der Waals surface area contributed by atoms with Gasteiger partial charge in [0.15, 0.2) is 28.2 Å². The average Bonchev–Trinajstić information content (AvgIpc) is 3.76. The number of halogens is 1. The van der Waals surface area contributed by atoms with Crippen LogP contribution in [-0.2, 0) is 16.1 Å². The number of nitrogens with zero attached hydrogens (tertiary/aromatic N) is 4. The number of anilines is 1. The zero-order valence-corrected chi connectivity index (χ0v) is 29.4. The van der Waals surface area contributed by atoms with E-state index in [4.69, 9.17) is 35.5 Å². The molecular formula is C35H32ClN5O6S2. The number of thiazole rings is 1. The standard InChI is InChI=1S/C35H32ClN5O6S2/c1-20-13-21(2)38-35(37-20)49-18-32(42)41(16-31-40-26(17-48-31)22-5-8-24(36)9-6-22)33(23-7-11-27(44-3)29(14-23)45-4)34(43)39-25-10-12-28-30(15-25)47-19-46-28/h5-15,17,33H,16,18-19H2,1-4H3,(H,39,43). The molecule has 0 aliphatic carbocycles. The minimum Gasteiger partial charge on any atom is -0.493 e. The fourth-order valence-corrected chi connectivity index (χ4v) is 7.02. The molecule has 1 aliphatic rings. The number of amides is 2. The molecule has 1 unspecified atom stereocenters. The van der Waals surface area contributed by atoms with Crippen LogP contribution in [0.4, 0.5) is 5.69 Å². The van der Waals surface area contributed by atoms with E-state index in [2.05, 4.69) is 15.3 Å². The van der Waals surface area contributed by atoms with Crippen LogP contribution < -0.4 is 24.3 Å². The Morgan fingerprint density at radius 3 is 2.41 bits per heavy atom. The van der Waals surface area contributed by atoms with Crippen LogP contribution in [0.1, 0.15) is 28.0 Å². The van der Waals surface area contributed by atoms with E-state index in [1.54, 1.807) is 48.5 Å². The molecule has 2 amide bonds. The monoisotopic (exact) mass is 717 g/mol. The molecule has 0 spiro atoms. The van der Waals surface area contributed by atoms with Crippen LogP contribution in [0.2, 0.25) is 5.02 Å². The van der Waals surface area contributed by atoms with Crippen molar-refractivity contribution in [1.82, 2.24) is 19.9 Å². The summed E-state index contributed by atoms with van der Waals surface area (Å²) in [5.41, 5.74) is 4.18. The minimum atomic E-state index is -1.11. The van der Waals surface area contributed by atoms with Gasteiger partial charge in [0, 0.05) is 39.1 Å². The molecule has 252 valence electrons. The van der Waals surface area contributed by atoms with E-state index in [1.807, 2.05) is 37.4 Å². The lowest BCUT2D eigenvalue weighted by molar-refractivity contribution is -0.137. The third-order valence-corrected chi connectivity index (χ3v) is 9.45. The van der Waals surface area contributed by atoms with Crippen LogP contribution in [0, 0.1) is 13.8 Å². The number of fused-ring (bicyclic) bond motifs is 1. The highest BCUT2D eigenvalue weighted by Crippen LogP contribution is 2.37. The summed E-state index contributed by atoms with van der Waals surface area (Å²) in [6.45, 7) is 3.89. The van der Waals surface area contributed by atoms with Crippen molar-refractivity contribution in [2.45, 2.75) is 31.6 Å². The Balaban J connectivity index is 1.38. The molecular weight excluding hydrogens is 686 g/mol. The number of carbonyl (C=O) groups is 2. The first-order valence-corrected chi connectivity index (χ1v) is 17.3. The Labute approximate surface area is 296 Å². The predicted molar refractivity (Wildman–Crippen MR) is 189 cm³/mol. The molecule has 1 N–H and O–H groups in total. The van der Waals surface area contributed by atoms with Gasteiger partial charge in [-0.15, -0.1) is 11.3 Å². The SMILES string of the molecule is COc1ccc(C(C(=O)Nc2ccc3c(c2)OCO3)N(Cc2nc(-c3ccc(Cl)cc3)cs2)C(=O)CSc2nc(C)cc(C)n2)cc1OC. The van der Waals surface area contributed by atoms with Crippen LogP contribution in [0.15, 0.2) is 77.3 Å². The molecule has 0 fully saturated rings. The number of aromatic nitrogens is 3. The molecule has 3 heterocycles.